The van der Waals surface area contributed by atoms with E-state index in [-0.39, 0.29) is 24.0 Å². The zero-order chi connectivity index (χ0) is 18.5. The van der Waals surface area contributed by atoms with Gasteiger partial charge in [0.25, 0.3) is 0 Å². The number of hydrogen-bond acceptors (Lipinski definition) is 4. The Balaban J connectivity index is 0.00000364. The van der Waals surface area contributed by atoms with Crippen LogP contribution < -0.4 is 20.1 Å². The lowest BCUT2D eigenvalue weighted by molar-refractivity contribution is 0.172. The van der Waals surface area contributed by atoms with Gasteiger partial charge in [0.05, 0.1) is 13.2 Å². The fourth-order valence-electron chi connectivity index (χ4n) is 2.23. The van der Waals surface area contributed by atoms with Crippen molar-refractivity contribution in [1.82, 2.24) is 5.32 Å². The third-order valence-corrected chi connectivity index (χ3v) is 3.49. The fraction of sp³-hybridized carbons (Fsp3) is 0.350. The molecule has 0 fully saturated rings. The summed E-state index contributed by atoms with van der Waals surface area (Å²) < 4.78 is 16.4. The summed E-state index contributed by atoms with van der Waals surface area (Å²) in [6.45, 7) is 2.51. The van der Waals surface area contributed by atoms with Crippen LogP contribution in [-0.4, -0.2) is 46.5 Å². The first-order valence-electron chi connectivity index (χ1n) is 8.69. The second kappa shape index (κ2) is 14.1. The SMILES string of the molecule is CN=C(NCCOc1ccccc1)Nc1cccc(OCCCOC)c1.I. The number of rotatable bonds is 10. The van der Waals surface area contributed by atoms with Crippen LogP contribution in [0.3, 0.4) is 0 Å². The Hall–Kier alpha value is -2.00. The molecule has 2 aromatic carbocycles. The third kappa shape index (κ3) is 9.48. The molecule has 0 aliphatic carbocycles. The van der Waals surface area contributed by atoms with E-state index in [9.17, 15) is 0 Å². The molecule has 7 heteroatoms. The minimum absolute atomic E-state index is 0. The summed E-state index contributed by atoms with van der Waals surface area (Å²) in [6.07, 6.45) is 0.860. The van der Waals surface area contributed by atoms with Crippen LogP contribution in [0, 0.1) is 0 Å². The highest BCUT2D eigenvalue weighted by Crippen LogP contribution is 2.17. The minimum atomic E-state index is 0. The second-order valence-electron chi connectivity index (χ2n) is 5.51. The Labute approximate surface area is 178 Å². The largest absolute Gasteiger partial charge is 0.493 e. The molecule has 0 atom stereocenters. The maximum Gasteiger partial charge on any atom is 0.195 e. The van der Waals surface area contributed by atoms with Crippen molar-refractivity contribution >= 4 is 35.6 Å². The molecule has 0 unspecified atom stereocenters. The monoisotopic (exact) mass is 485 g/mol. The summed E-state index contributed by atoms with van der Waals surface area (Å²) in [7, 11) is 3.42. The Morgan fingerprint density at radius 2 is 1.67 bits per heavy atom. The maximum absolute atomic E-state index is 5.71. The standard InChI is InChI=1S/C20H27N3O3.HI/c1-21-20(22-12-15-26-18-9-4-3-5-10-18)23-17-8-6-11-19(16-17)25-14-7-13-24-2;/h3-6,8-11,16H,7,12-15H2,1-2H3,(H2,21,22,23);1H. The number of halogens is 1. The summed E-state index contributed by atoms with van der Waals surface area (Å²) >= 11 is 0. The van der Waals surface area contributed by atoms with E-state index < -0.39 is 0 Å². The zero-order valence-electron chi connectivity index (χ0n) is 15.8. The predicted octanol–water partition coefficient (Wildman–Crippen LogP) is 3.79. The Morgan fingerprint density at radius 1 is 0.926 bits per heavy atom. The van der Waals surface area contributed by atoms with E-state index in [2.05, 4.69) is 15.6 Å². The van der Waals surface area contributed by atoms with Gasteiger partial charge in [0.15, 0.2) is 5.96 Å². The topological polar surface area (TPSA) is 64.1 Å². The summed E-state index contributed by atoms with van der Waals surface area (Å²) in [4.78, 5) is 4.23. The highest BCUT2D eigenvalue weighted by atomic mass is 127. The van der Waals surface area contributed by atoms with Crippen LogP contribution in [-0.2, 0) is 4.74 Å². The van der Waals surface area contributed by atoms with Crippen molar-refractivity contribution in [2.24, 2.45) is 4.99 Å². The molecule has 0 saturated heterocycles. The van der Waals surface area contributed by atoms with Crippen molar-refractivity contribution in [1.29, 1.82) is 0 Å². The number of ether oxygens (including phenoxy) is 3. The molecular weight excluding hydrogens is 457 g/mol. The van der Waals surface area contributed by atoms with E-state index in [1.165, 1.54) is 0 Å². The van der Waals surface area contributed by atoms with E-state index >= 15 is 0 Å². The van der Waals surface area contributed by atoms with E-state index in [1.807, 2.05) is 54.6 Å². The lowest BCUT2D eigenvalue weighted by atomic mass is 10.3. The molecule has 0 heterocycles. The van der Waals surface area contributed by atoms with Gasteiger partial charge < -0.3 is 24.8 Å². The highest BCUT2D eigenvalue weighted by molar-refractivity contribution is 14.0. The number of hydrogen-bond donors (Lipinski definition) is 2. The van der Waals surface area contributed by atoms with Crippen molar-refractivity contribution < 1.29 is 14.2 Å². The predicted molar refractivity (Wildman–Crippen MR) is 121 cm³/mol. The Bertz CT molecular complexity index is 669. The molecule has 0 amide bonds. The van der Waals surface area contributed by atoms with Crippen molar-refractivity contribution in [3.8, 4) is 11.5 Å². The van der Waals surface area contributed by atoms with E-state index in [1.54, 1.807) is 14.2 Å². The molecular formula is C20H28IN3O3. The van der Waals surface area contributed by atoms with Crippen molar-refractivity contribution in [3.05, 3.63) is 54.6 Å². The second-order valence-corrected chi connectivity index (χ2v) is 5.51. The molecule has 0 aromatic heterocycles. The smallest absolute Gasteiger partial charge is 0.195 e. The van der Waals surface area contributed by atoms with Gasteiger partial charge in [-0.25, -0.2) is 0 Å². The summed E-state index contributed by atoms with van der Waals surface area (Å²) in [5, 5.41) is 6.47. The molecule has 2 rings (SSSR count). The summed E-state index contributed by atoms with van der Waals surface area (Å²) in [5.41, 5.74) is 0.909. The van der Waals surface area contributed by atoms with Gasteiger partial charge in [-0.2, -0.15) is 0 Å². The molecule has 0 saturated carbocycles. The number of guanidine groups is 1. The van der Waals surface area contributed by atoms with E-state index in [4.69, 9.17) is 14.2 Å². The first-order valence-corrected chi connectivity index (χ1v) is 8.69. The van der Waals surface area contributed by atoms with Crippen LogP contribution in [0.1, 0.15) is 6.42 Å². The minimum Gasteiger partial charge on any atom is -0.493 e. The normalized spacial score (nSPS) is 10.7. The number of benzene rings is 2. The third-order valence-electron chi connectivity index (χ3n) is 3.49. The molecule has 6 nitrogen and oxygen atoms in total. The molecule has 0 aliphatic rings. The Kier molecular flexibility index (Phi) is 12.0. The highest BCUT2D eigenvalue weighted by Gasteiger charge is 2.01. The van der Waals surface area contributed by atoms with Gasteiger partial charge in [0.2, 0.25) is 0 Å². The van der Waals surface area contributed by atoms with Gasteiger partial charge >= 0.3 is 0 Å². The van der Waals surface area contributed by atoms with Crippen molar-refractivity contribution in [3.63, 3.8) is 0 Å². The van der Waals surface area contributed by atoms with Gasteiger partial charge in [-0.05, 0) is 24.3 Å². The molecule has 2 aromatic rings. The summed E-state index contributed by atoms with van der Waals surface area (Å²) in [5.74, 6) is 2.35. The molecule has 2 N–H and O–H groups in total. The van der Waals surface area contributed by atoms with Crippen LogP contribution >= 0.6 is 24.0 Å². The zero-order valence-corrected chi connectivity index (χ0v) is 18.1. The average Bonchev–Trinajstić information content (AvgIpc) is 2.69. The van der Waals surface area contributed by atoms with E-state index in [0.717, 1.165) is 23.6 Å². The number of aliphatic imine (C=N–C) groups is 1. The van der Waals surface area contributed by atoms with Crippen LogP contribution in [0.25, 0.3) is 0 Å². The van der Waals surface area contributed by atoms with Crippen LogP contribution in [0.15, 0.2) is 59.6 Å². The van der Waals surface area contributed by atoms with Crippen molar-refractivity contribution in [2.45, 2.75) is 6.42 Å². The lowest BCUT2D eigenvalue weighted by Crippen LogP contribution is -2.33. The fourth-order valence-corrected chi connectivity index (χ4v) is 2.23. The van der Waals surface area contributed by atoms with Crippen LogP contribution in [0.5, 0.6) is 11.5 Å². The number of methoxy groups -OCH3 is 1. The van der Waals surface area contributed by atoms with E-state index in [0.29, 0.717) is 32.3 Å². The van der Waals surface area contributed by atoms with Gasteiger partial charge in [0.1, 0.15) is 18.1 Å². The quantitative estimate of drug-likeness (QED) is 0.232. The molecule has 0 bridgehead atoms. The van der Waals surface area contributed by atoms with Gasteiger partial charge in [0, 0.05) is 38.9 Å². The number of anilines is 1. The van der Waals surface area contributed by atoms with Gasteiger partial charge in [-0.1, -0.05) is 24.3 Å². The average molecular weight is 485 g/mol. The van der Waals surface area contributed by atoms with Crippen LogP contribution in [0.2, 0.25) is 0 Å². The molecule has 0 radical (unpaired) electrons. The first-order chi connectivity index (χ1) is 12.8. The maximum atomic E-state index is 5.71. The number of nitrogens with one attached hydrogen (secondary N) is 2. The summed E-state index contributed by atoms with van der Waals surface area (Å²) in [6, 6.07) is 17.5. The van der Waals surface area contributed by atoms with Gasteiger partial charge in [-0.3, -0.25) is 4.99 Å². The molecule has 0 spiro atoms. The number of para-hydroxylation sites is 1. The molecule has 0 aliphatic heterocycles. The molecule has 27 heavy (non-hydrogen) atoms. The van der Waals surface area contributed by atoms with Crippen molar-refractivity contribution in [2.75, 3.05) is 45.8 Å². The number of nitrogens with zero attached hydrogens (tertiary/aromatic N) is 1. The van der Waals surface area contributed by atoms with Gasteiger partial charge in [-0.15, -0.1) is 24.0 Å². The van der Waals surface area contributed by atoms with Crippen LogP contribution in [0.4, 0.5) is 5.69 Å². The Morgan fingerprint density at radius 3 is 2.41 bits per heavy atom. The lowest BCUT2D eigenvalue weighted by Gasteiger charge is -2.13. The molecule has 148 valence electrons. The first kappa shape index (κ1) is 23.0.